The van der Waals surface area contributed by atoms with Crippen LogP contribution >= 0.6 is 0 Å². The van der Waals surface area contributed by atoms with Gasteiger partial charge < -0.3 is 5.11 Å². The Morgan fingerprint density at radius 1 is 1.11 bits per heavy atom. The summed E-state index contributed by atoms with van der Waals surface area (Å²) in [7, 11) is 0. The molecule has 92 valence electrons. The first kappa shape index (κ1) is 10.5. The molecular weight excluding hydrogens is 222 g/mol. The van der Waals surface area contributed by atoms with Crippen molar-refractivity contribution in [2.45, 2.75) is 44.1 Å². The van der Waals surface area contributed by atoms with E-state index in [0.29, 0.717) is 0 Å². The first-order chi connectivity index (χ1) is 8.84. The average molecular weight is 239 g/mol. The maximum atomic E-state index is 10.2. The number of aliphatic hydroxyl groups excluding tert-OH is 1. The van der Waals surface area contributed by atoms with Crippen molar-refractivity contribution in [3.8, 4) is 0 Å². The van der Waals surface area contributed by atoms with Crippen molar-refractivity contribution in [3.63, 3.8) is 0 Å². The summed E-state index contributed by atoms with van der Waals surface area (Å²) in [5.41, 5.74) is 4.87. The second-order valence-corrected chi connectivity index (χ2v) is 5.59. The van der Waals surface area contributed by atoms with Gasteiger partial charge in [-0.15, -0.1) is 0 Å². The van der Waals surface area contributed by atoms with Crippen LogP contribution in [0.3, 0.4) is 0 Å². The van der Waals surface area contributed by atoms with Gasteiger partial charge >= 0.3 is 0 Å². The van der Waals surface area contributed by atoms with E-state index in [1.165, 1.54) is 29.4 Å². The monoisotopic (exact) mass is 239 g/mol. The number of rotatable bonds is 1. The molecule has 4 rings (SSSR count). The zero-order valence-electron chi connectivity index (χ0n) is 10.4. The van der Waals surface area contributed by atoms with Gasteiger partial charge in [0, 0.05) is 5.39 Å². The summed E-state index contributed by atoms with van der Waals surface area (Å²) in [6.45, 7) is 0. The zero-order chi connectivity index (χ0) is 12.1. The lowest BCUT2D eigenvalue weighted by Gasteiger charge is -2.24. The molecule has 0 bridgehead atoms. The third-order valence-corrected chi connectivity index (χ3v) is 4.28. The molecule has 1 aromatic carbocycles. The van der Waals surface area contributed by atoms with Gasteiger partial charge in [-0.1, -0.05) is 18.2 Å². The minimum atomic E-state index is -0.351. The van der Waals surface area contributed by atoms with E-state index >= 15 is 0 Å². The molecule has 2 aliphatic rings. The third-order valence-electron chi connectivity index (χ3n) is 4.28. The molecule has 1 fully saturated rings. The lowest BCUT2D eigenvalue weighted by atomic mass is 9.86. The Morgan fingerprint density at radius 3 is 2.78 bits per heavy atom. The van der Waals surface area contributed by atoms with E-state index in [4.69, 9.17) is 4.98 Å². The number of nitrogens with zero attached hydrogens (tertiary/aromatic N) is 1. The Balaban J connectivity index is 2.07. The van der Waals surface area contributed by atoms with Crippen molar-refractivity contribution in [3.05, 3.63) is 41.1 Å². The van der Waals surface area contributed by atoms with E-state index in [0.717, 1.165) is 36.4 Å². The molecule has 0 amide bonds. The number of para-hydroxylation sites is 1. The van der Waals surface area contributed by atoms with Crippen LogP contribution in [0.15, 0.2) is 24.3 Å². The molecule has 1 heterocycles. The van der Waals surface area contributed by atoms with Crippen LogP contribution < -0.4 is 0 Å². The minimum absolute atomic E-state index is 0.351. The molecule has 1 atom stereocenters. The number of hydrogen-bond acceptors (Lipinski definition) is 2. The van der Waals surface area contributed by atoms with Crippen molar-refractivity contribution in [2.24, 2.45) is 0 Å². The second-order valence-electron chi connectivity index (χ2n) is 5.59. The highest BCUT2D eigenvalue weighted by atomic mass is 16.3. The fourth-order valence-corrected chi connectivity index (χ4v) is 3.28. The number of hydrogen-bond donors (Lipinski definition) is 1. The molecule has 2 nitrogen and oxygen atoms in total. The van der Waals surface area contributed by atoms with Crippen LogP contribution in [0.4, 0.5) is 0 Å². The summed E-state index contributed by atoms with van der Waals surface area (Å²) >= 11 is 0. The molecule has 2 aromatic rings. The van der Waals surface area contributed by atoms with Crippen LogP contribution in [0.25, 0.3) is 10.9 Å². The molecule has 18 heavy (non-hydrogen) atoms. The fourth-order valence-electron chi connectivity index (χ4n) is 3.28. The van der Waals surface area contributed by atoms with Crippen LogP contribution in [0.2, 0.25) is 0 Å². The van der Waals surface area contributed by atoms with Crippen molar-refractivity contribution in [1.82, 2.24) is 4.98 Å². The molecule has 1 N–H and O–H groups in total. The van der Waals surface area contributed by atoms with E-state index < -0.39 is 0 Å². The molecule has 1 aromatic heterocycles. The van der Waals surface area contributed by atoms with Crippen molar-refractivity contribution in [2.75, 3.05) is 0 Å². The third kappa shape index (κ3) is 1.49. The highest BCUT2D eigenvalue weighted by Crippen LogP contribution is 2.47. The first-order valence-electron chi connectivity index (χ1n) is 6.94. The molecule has 2 aliphatic carbocycles. The van der Waals surface area contributed by atoms with Crippen molar-refractivity contribution >= 4 is 10.9 Å². The fraction of sp³-hybridized carbons (Fsp3) is 0.438. The Labute approximate surface area is 107 Å². The molecule has 0 aliphatic heterocycles. The van der Waals surface area contributed by atoms with E-state index in [1.54, 1.807) is 0 Å². The molecule has 1 unspecified atom stereocenters. The van der Waals surface area contributed by atoms with E-state index in [9.17, 15) is 5.11 Å². The topological polar surface area (TPSA) is 33.1 Å². The van der Waals surface area contributed by atoms with Gasteiger partial charge in [-0.2, -0.15) is 0 Å². The largest absolute Gasteiger partial charge is 0.387 e. The number of benzene rings is 1. The standard InChI is InChI=1S/C16H17NO/c18-14-7-3-5-12-15(10-8-9-10)11-4-1-2-6-13(11)17-16(12)14/h1-2,4,6,10,14,18H,3,5,7-9H2. The summed E-state index contributed by atoms with van der Waals surface area (Å²) in [6.07, 6.45) is 5.30. The van der Waals surface area contributed by atoms with Crippen molar-refractivity contribution in [1.29, 1.82) is 0 Å². The zero-order valence-corrected chi connectivity index (χ0v) is 10.4. The Bertz CT molecular complexity index is 616. The Morgan fingerprint density at radius 2 is 1.94 bits per heavy atom. The number of fused-ring (bicyclic) bond motifs is 2. The van der Waals surface area contributed by atoms with Gasteiger partial charge in [-0.3, -0.25) is 0 Å². The van der Waals surface area contributed by atoms with Crippen LogP contribution in [0.1, 0.15) is 54.5 Å². The van der Waals surface area contributed by atoms with Crippen LogP contribution in [0, 0.1) is 0 Å². The molecule has 0 saturated heterocycles. The van der Waals surface area contributed by atoms with Gasteiger partial charge in [0.15, 0.2) is 0 Å². The van der Waals surface area contributed by atoms with Crippen LogP contribution in [-0.4, -0.2) is 10.1 Å². The molecule has 1 saturated carbocycles. The van der Waals surface area contributed by atoms with Gasteiger partial charge in [0.25, 0.3) is 0 Å². The van der Waals surface area contributed by atoms with Gasteiger partial charge in [0.1, 0.15) is 0 Å². The van der Waals surface area contributed by atoms with Crippen LogP contribution in [-0.2, 0) is 6.42 Å². The maximum absolute atomic E-state index is 10.2. The number of aromatic nitrogens is 1. The average Bonchev–Trinajstić information content (AvgIpc) is 3.21. The second kappa shape index (κ2) is 3.79. The highest BCUT2D eigenvalue weighted by molar-refractivity contribution is 5.85. The van der Waals surface area contributed by atoms with E-state index in [2.05, 4.69) is 18.2 Å². The van der Waals surface area contributed by atoms with Gasteiger partial charge in [0.2, 0.25) is 0 Å². The SMILES string of the molecule is OC1CCCc2c1nc1ccccc1c2C1CC1. The lowest BCUT2D eigenvalue weighted by Crippen LogP contribution is -2.14. The number of aliphatic hydroxyl groups is 1. The quantitative estimate of drug-likeness (QED) is 0.826. The Kier molecular flexibility index (Phi) is 2.21. The molecular formula is C16H17NO. The maximum Gasteiger partial charge on any atom is 0.0963 e. The number of pyridine rings is 1. The molecule has 0 spiro atoms. The summed E-state index contributed by atoms with van der Waals surface area (Å²) in [6, 6.07) is 8.40. The normalized spacial score (nSPS) is 23.1. The van der Waals surface area contributed by atoms with Gasteiger partial charge in [-0.05, 0) is 55.2 Å². The molecule has 2 heteroatoms. The predicted octanol–water partition coefficient (Wildman–Crippen LogP) is 3.48. The summed E-state index contributed by atoms with van der Waals surface area (Å²) in [5.74, 6) is 0.719. The van der Waals surface area contributed by atoms with Crippen LogP contribution in [0.5, 0.6) is 0 Å². The first-order valence-corrected chi connectivity index (χ1v) is 6.94. The minimum Gasteiger partial charge on any atom is -0.387 e. The van der Waals surface area contributed by atoms with Gasteiger partial charge in [0.05, 0.1) is 17.3 Å². The van der Waals surface area contributed by atoms with Crippen molar-refractivity contribution < 1.29 is 5.11 Å². The van der Waals surface area contributed by atoms with E-state index in [-0.39, 0.29) is 6.10 Å². The highest BCUT2D eigenvalue weighted by Gasteiger charge is 2.32. The summed E-state index contributed by atoms with van der Waals surface area (Å²) in [4.78, 5) is 4.72. The predicted molar refractivity (Wildman–Crippen MR) is 71.6 cm³/mol. The van der Waals surface area contributed by atoms with E-state index in [1.807, 2.05) is 6.07 Å². The lowest BCUT2D eigenvalue weighted by molar-refractivity contribution is 0.151. The smallest absolute Gasteiger partial charge is 0.0963 e. The molecule has 0 radical (unpaired) electrons. The Hall–Kier alpha value is -1.41. The van der Waals surface area contributed by atoms with Gasteiger partial charge in [-0.25, -0.2) is 4.98 Å². The summed E-state index contributed by atoms with van der Waals surface area (Å²) < 4.78 is 0. The summed E-state index contributed by atoms with van der Waals surface area (Å²) in [5, 5.41) is 11.5.